The number of anilines is 2. The van der Waals surface area contributed by atoms with Crippen LogP contribution in [0.3, 0.4) is 0 Å². The van der Waals surface area contributed by atoms with Crippen LogP contribution in [-0.2, 0) is 27.4 Å². The molecule has 7 nitrogen and oxygen atoms in total. The summed E-state index contributed by atoms with van der Waals surface area (Å²) in [4.78, 5) is 40.0. The molecule has 1 heterocycles. The van der Waals surface area contributed by atoms with E-state index in [1.54, 1.807) is 43.5 Å². The summed E-state index contributed by atoms with van der Waals surface area (Å²) in [6.45, 7) is 1.70. The maximum atomic E-state index is 13.7. The number of hydrogen-bond acceptors (Lipinski definition) is 5. The minimum absolute atomic E-state index is 0.140. The molecule has 0 saturated carbocycles. The Morgan fingerprint density at radius 1 is 0.850 bits per heavy atom. The number of nitrogens with one attached hydrogen (secondary N) is 1. The number of carbonyl (C=O) groups excluding carboxylic acids is 3. The first-order valence-corrected chi connectivity index (χ1v) is 13.1. The molecule has 1 aliphatic heterocycles. The highest BCUT2D eigenvalue weighted by atomic mass is 16.5. The van der Waals surface area contributed by atoms with E-state index in [1.165, 1.54) is 11.8 Å². The van der Waals surface area contributed by atoms with Crippen LogP contribution < -0.4 is 19.7 Å². The van der Waals surface area contributed by atoms with Gasteiger partial charge in [0.2, 0.25) is 17.7 Å². The molecule has 0 aliphatic carbocycles. The maximum absolute atomic E-state index is 13.7. The lowest BCUT2D eigenvalue weighted by molar-refractivity contribution is -0.122. The summed E-state index contributed by atoms with van der Waals surface area (Å²) in [6, 6.07) is 31.4. The second-order valence-corrected chi connectivity index (χ2v) is 9.69. The molecule has 0 radical (unpaired) electrons. The third-order valence-electron chi connectivity index (χ3n) is 6.97. The van der Waals surface area contributed by atoms with Gasteiger partial charge in [-0.15, -0.1) is 0 Å². The van der Waals surface area contributed by atoms with E-state index in [1.807, 2.05) is 66.7 Å². The number of rotatable bonds is 9. The molecule has 4 aromatic carbocycles. The second-order valence-electron chi connectivity index (χ2n) is 9.69. The fraction of sp³-hybridized carbons (Fsp3) is 0.182. The molecule has 1 aliphatic rings. The molecule has 1 N–H and O–H groups in total. The fourth-order valence-electron chi connectivity index (χ4n) is 5.12. The molecule has 4 aromatic rings. The lowest BCUT2D eigenvalue weighted by atomic mass is 9.84. The van der Waals surface area contributed by atoms with Crippen molar-refractivity contribution in [2.24, 2.45) is 5.92 Å². The highest BCUT2D eigenvalue weighted by Gasteiger charge is 2.48. The van der Waals surface area contributed by atoms with Crippen molar-refractivity contribution in [3.8, 4) is 11.5 Å². The van der Waals surface area contributed by atoms with Crippen LogP contribution >= 0.6 is 0 Å². The Hall–Kier alpha value is -4.91. The highest BCUT2D eigenvalue weighted by Crippen LogP contribution is 2.40. The molecule has 40 heavy (non-hydrogen) atoms. The van der Waals surface area contributed by atoms with Crippen LogP contribution in [-0.4, -0.2) is 24.8 Å². The number of carbonyl (C=O) groups is 3. The van der Waals surface area contributed by atoms with Crippen molar-refractivity contribution in [3.05, 3.63) is 120 Å². The first-order chi connectivity index (χ1) is 19.4. The van der Waals surface area contributed by atoms with Gasteiger partial charge in [-0.05, 0) is 66.1 Å². The van der Waals surface area contributed by atoms with Crippen molar-refractivity contribution in [2.75, 3.05) is 17.3 Å². The molecule has 0 spiro atoms. The number of nitrogens with zero attached hydrogens (tertiary/aromatic N) is 1. The zero-order valence-electron chi connectivity index (χ0n) is 22.4. The minimum Gasteiger partial charge on any atom is -0.496 e. The van der Waals surface area contributed by atoms with Crippen LogP contribution in [0.25, 0.3) is 0 Å². The van der Waals surface area contributed by atoms with Crippen molar-refractivity contribution in [2.45, 2.75) is 25.9 Å². The van der Waals surface area contributed by atoms with E-state index in [9.17, 15) is 14.4 Å². The van der Waals surface area contributed by atoms with Crippen LogP contribution in [0.2, 0.25) is 0 Å². The first-order valence-electron chi connectivity index (χ1n) is 13.1. The zero-order valence-corrected chi connectivity index (χ0v) is 22.4. The van der Waals surface area contributed by atoms with Gasteiger partial charge in [0.15, 0.2) is 0 Å². The summed E-state index contributed by atoms with van der Waals surface area (Å²) in [5.74, 6) is -0.403. The van der Waals surface area contributed by atoms with Crippen LogP contribution in [0.15, 0.2) is 103 Å². The molecule has 0 aromatic heterocycles. The lowest BCUT2D eigenvalue weighted by Crippen LogP contribution is -2.31. The van der Waals surface area contributed by atoms with Gasteiger partial charge in [-0.2, -0.15) is 0 Å². The number of hydrogen-bond donors (Lipinski definition) is 1. The number of amides is 3. The molecule has 2 atom stereocenters. The van der Waals surface area contributed by atoms with Crippen LogP contribution in [0.1, 0.15) is 29.5 Å². The number of para-hydroxylation sites is 1. The standard InChI is InChI=1S/C33H30N2O5/c1-22(36)34-26-14-16-28(17-15-26)40-21-25-19-23(13-18-30(25)39-2)20-29-31(24-9-5-3-6-10-24)33(38)35(32(29)37)27-11-7-4-8-12-27/h3-19,29,31H,20-21H2,1-2H3,(H,34,36). The quantitative estimate of drug-likeness (QED) is 0.277. The third-order valence-corrected chi connectivity index (χ3v) is 6.97. The minimum atomic E-state index is -0.585. The predicted octanol–water partition coefficient (Wildman–Crippen LogP) is 5.75. The molecule has 5 rings (SSSR count). The van der Waals surface area contributed by atoms with E-state index < -0.39 is 11.8 Å². The van der Waals surface area contributed by atoms with Gasteiger partial charge >= 0.3 is 0 Å². The summed E-state index contributed by atoms with van der Waals surface area (Å²) in [6.07, 6.45) is 0.385. The van der Waals surface area contributed by atoms with Crippen LogP contribution in [0.4, 0.5) is 11.4 Å². The normalized spacial score (nSPS) is 16.6. The Bertz CT molecular complexity index is 1500. The molecule has 1 fully saturated rings. The molecule has 0 bridgehead atoms. The first kappa shape index (κ1) is 26.7. The zero-order chi connectivity index (χ0) is 28.1. The van der Waals surface area contributed by atoms with Crippen molar-refractivity contribution in [1.29, 1.82) is 0 Å². The highest BCUT2D eigenvalue weighted by molar-refractivity contribution is 6.23. The lowest BCUT2D eigenvalue weighted by Gasteiger charge is -2.17. The van der Waals surface area contributed by atoms with Crippen molar-refractivity contribution in [1.82, 2.24) is 0 Å². The number of ether oxygens (including phenoxy) is 2. The molecule has 2 unspecified atom stereocenters. The number of benzene rings is 4. The average Bonchev–Trinajstić information content (AvgIpc) is 3.21. The molecular formula is C33H30N2O5. The van der Waals surface area contributed by atoms with Crippen LogP contribution in [0, 0.1) is 5.92 Å². The van der Waals surface area contributed by atoms with Gasteiger partial charge in [0.05, 0.1) is 24.6 Å². The topological polar surface area (TPSA) is 84.9 Å². The summed E-state index contributed by atoms with van der Waals surface area (Å²) in [5, 5.41) is 2.73. The van der Waals surface area contributed by atoms with Gasteiger partial charge in [-0.3, -0.25) is 14.4 Å². The van der Waals surface area contributed by atoms with Gasteiger partial charge in [-0.25, -0.2) is 4.90 Å². The van der Waals surface area contributed by atoms with Gasteiger partial charge in [0.25, 0.3) is 0 Å². The Morgan fingerprint density at radius 3 is 2.17 bits per heavy atom. The summed E-state index contributed by atoms with van der Waals surface area (Å²) >= 11 is 0. The number of methoxy groups -OCH3 is 1. The van der Waals surface area contributed by atoms with Gasteiger partial charge in [0, 0.05) is 18.2 Å². The molecular weight excluding hydrogens is 504 g/mol. The summed E-state index contributed by atoms with van der Waals surface area (Å²) < 4.78 is 11.6. The SMILES string of the molecule is COc1ccc(CC2C(=O)N(c3ccccc3)C(=O)C2c2ccccc2)cc1COc1ccc(NC(C)=O)cc1. The Labute approximate surface area is 233 Å². The van der Waals surface area contributed by atoms with Crippen LogP contribution in [0.5, 0.6) is 11.5 Å². The summed E-state index contributed by atoms with van der Waals surface area (Å²) in [7, 11) is 1.60. The Morgan fingerprint density at radius 2 is 1.52 bits per heavy atom. The largest absolute Gasteiger partial charge is 0.496 e. The maximum Gasteiger partial charge on any atom is 0.242 e. The molecule has 1 saturated heterocycles. The second kappa shape index (κ2) is 11.9. The smallest absolute Gasteiger partial charge is 0.242 e. The van der Waals surface area contributed by atoms with Crippen molar-refractivity contribution >= 4 is 29.1 Å². The molecule has 202 valence electrons. The van der Waals surface area contributed by atoms with E-state index >= 15 is 0 Å². The van der Waals surface area contributed by atoms with E-state index in [2.05, 4.69) is 5.32 Å². The van der Waals surface area contributed by atoms with Gasteiger partial charge in [-0.1, -0.05) is 54.6 Å². The third kappa shape index (κ3) is 5.73. The fourth-order valence-corrected chi connectivity index (χ4v) is 5.12. The van der Waals surface area contributed by atoms with Gasteiger partial charge in [0.1, 0.15) is 18.1 Å². The summed E-state index contributed by atoms with van der Waals surface area (Å²) in [5.41, 5.74) is 3.81. The van der Waals surface area contributed by atoms with Crippen molar-refractivity contribution < 1.29 is 23.9 Å². The average molecular weight is 535 g/mol. The number of imide groups is 1. The van der Waals surface area contributed by atoms with E-state index in [-0.39, 0.29) is 24.3 Å². The van der Waals surface area contributed by atoms with Crippen molar-refractivity contribution in [3.63, 3.8) is 0 Å². The Balaban J connectivity index is 1.39. The monoisotopic (exact) mass is 534 g/mol. The molecule has 3 amide bonds. The van der Waals surface area contributed by atoms with E-state index in [0.29, 0.717) is 29.3 Å². The Kier molecular flexibility index (Phi) is 7.92. The predicted molar refractivity (Wildman–Crippen MR) is 153 cm³/mol. The van der Waals surface area contributed by atoms with E-state index in [4.69, 9.17) is 9.47 Å². The van der Waals surface area contributed by atoms with Gasteiger partial charge < -0.3 is 14.8 Å². The van der Waals surface area contributed by atoms with E-state index in [0.717, 1.165) is 16.7 Å². The molecule has 7 heteroatoms.